The molecule has 0 fully saturated rings. The fourth-order valence-electron chi connectivity index (χ4n) is 1.68. The smallest absolute Gasteiger partial charge is 0.288 e. The van der Waals surface area contributed by atoms with Crippen LogP contribution in [0.25, 0.3) is 0 Å². The number of halogens is 1. The van der Waals surface area contributed by atoms with Crippen LogP contribution in [0.5, 0.6) is 0 Å². The molecule has 0 saturated carbocycles. The number of nitrogens with zero attached hydrogens (tertiary/aromatic N) is 4. The third kappa shape index (κ3) is 3.21. The molecule has 2 N–H and O–H groups in total. The van der Waals surface area contributed by atoms with Crippen LogP contribution in [0, 0.1) is 10.1 Å². The predicted octanol–water partition coefficient (Wildman–Crippen LogP) is 2.37. The summed E-state index contributed by atoms with van der Waals surface area (Å²) in [6.45, 7) is 0.566. The Hall–Kier alpha value is -2.22. The number of anilines is 2. The SMILES string of the molecule is CN(Cc1ccc(N)nc1)c1ncc([N+](=O)[O-])cc1Br. The van der Waals surface area contributed by atoms with Crippen LogP contribution in [0.3, 0.4) is 0 Å². The molecule has 2 aromatic rings. The Morgan fingerprint density at radius 2 is 2.15 bits per heavy atom. The lowest BCUT2D eigenvalue weighted by molar-refractivity contribution is -0.385. The fourth-order valence-corrected chi connectivity index (χ4v) is 2.32. The number of rotatable bonds is 4. The maximum Gasteiger partial charge on any atom is 0.288 e. The molecule has 2 aromatic heterocycles. The quantitative estimate of drug-likeness (QED) is 0.679. The standard InChI is InChI=1S/C12H12BrN5O2/c1-17(7-8-2-3-11(14)15-5-8)12-10(13)4-9(6-16-12)18(19)20/h2-6H,7H2,1H3,(H2,14,15). The lowest BCUT2D eigenvalue weighted by Crippen LogP contribution is -2.18. The van der Waals surface area contributed by atoms with E-state index in [1.54, 1.807) is 12.3 Å². The van der Waals surface area contributed by atoms with Crippen molar-refractivity contribution in [3.05, 3.63) is 50.7 Å². The van der Waals surface area contributed by atoms with Gasteiger partial charge >= 0.3 is 0 Å². The van der Waals surface area contributed by atoms with Gasteiger partial charge in [-0.25, -0.2) is 9.97 Å². The Balaban J connectivity index is 2.18. The first-order valence-electron chi connectivity index (χ1n) is 5.69. The molecule has 0 bridgehead atoms. The minimum Gasteiger partial charge on any atom is -0.384 e. The Morgan fingerprint density at radius 3 is 2.70 bits per heavy atom. The van der Waals surface area contributed by atoms with E-state index in [9.17, 15) is 10.1 Å². The number of nitrogens with two attached hydrogens (primary N) is 1. The number of aromatic nitrogens is 2. The van der Waals surface area contributed by atoms with Crippen LogP contribution in [-0.2, 0) is 6.54 Å². The molecule has 0 aromatic carbocycles. The van der Waals surface area contributed by atoms with Crippen molar-refractivity contribution in [1.82, 2.24) is 9.97 Å². The van der Waals surface area contributed by atoms with Crippen molar-refractivity contribution in [2.24, 2.45) is 0 Å². The summed E-state index contributed by atoms with van der Waals surface area (Å²) in [7, 11) is 1.84. The fraction of sp³-hybridized carbons (Fsp3) is 0.167. The van der Waals surface area contributed by atoms with Crippen molar-refractivity contribution in [2.75, 3.05) is 17.7 Å². The minimum atomic E-state index is -0.481. The van der Waals surface area contributed by atoms with Crippen LogP contribution in [-0.4, -0.2) is 21.9 Å². The van der Waals surface area contributed by atoms with E-state index in [0.29, 0.717) is 22.7 Å². The lowest BCUT2D eigenvalue weighted by Gasteiger charge is -2.19. The average molecular weight is 338 g/mol. The van der Waals surface area contributed by atoms with Gasteiger partial charge in [0.25, 0.3) is 5.69 Å². The van der Waals surface area contributed by atoms with E-state index >= 15 is 0 Å². The molecule has 0 saturated heterocycles. The highest BCUT2D eigenvalue weighted by Crippen LogP contribution is 2.27. The van der Waals surface area contributed by atoms with Crippen molar-refractivity contribution >= 4 is 33.3 Å². The Kier molecular flexibility index (Phi) is 4.14. The molecular formula is C12H12BrN5O2. The molecule has 0 amide bonds. The van der Waals surface area contributed by atoms with Gasteiger partial charge in [0.2, 0.25) is 0 Å². The second kappa shape index (κ2) is 5.83. The molecule has 8 heteroatoms. The predicted molar refractivity (Wildman–Crippen MR) is 79.3 cm³/mol. The zero-order valence-electron chi connectivity index (χ0n) is 10.7. The lowest BCUT2D eigenvalue weighted by atomic mass is 10.2. The average Bonchev–Trinajstić information content (AvgIpc) is 2.41. The van der Waals surface area contributed by atoms with Crippen LogP contribution >= 0.6 is 15.9 Å². The third-order valence-electron chi connectivity index (χ3n) is 2.65. The monoisotopic (exact) mass is 337 g/mol. The molecule has 2 heterocycles. The van der Waals surface area contributed by atoms with E-state index in [1.165, 1.54) is 12.3 Å². The van der Waals surface area contributed by atoms with Gasteiger partial charge in [0, 0.05) is 25.9 Å². The number of pyridine rings is 2. The number of hydrogen-bond acceptors (Lipinski definition) is 6. The van der Waals surface area contributed by atoms with Crippen LogP contribution < -0.4 is 10.6 Å². The van der Waals surface area contributed by atoms with Gasteiger partial charge in [-0.3, -0.25) is 10.1 Å². The summed E-state index contributed by atoms with van der Waals surface area (Å²) < 4.78 is 0.567. The zero-order valence-corrected chi connectivity index (χ0v) is 12.2. The van der Waals surface area contributed by atoms with Crippen molar-refractivity contribution in [1.29, 1.82) is 0 Å². The largest absolute Gasteiger partial charge is 0.384 e. The van der Waals surface area contributed by atoms with Crippen LogP contribution in [0.2, 0.25) is 0 Å². The Labute approximate surface area is 123 Å². The van der Waals surface area contributed by atoms with E-state index in [0.717, 1.165) is 5.56 Å². The van der Waals surface area contributed by atoms with Crippen LogP contribution in [0.4, 0.5) is 17.3 Å². The van der Waals surface area contributed by atoms with E-state index in [2.05, 4.69) is 25.9 Å². The van der Waals surface area contributed by atoms with Crippen molar-refractivity contribution in [3.63, 3.8) is 0 Å². The molecule has 20 heavy (non-hydrogen) atoms. The topological polar surface area (TPSA) is 98.2 Å². The zero-order chi connectivity index (χ0) is 14.7. The van der Waals surface area contributed by atoms with Crippen LogP contribution in [0.15, 0.2) is 35.1 Å². The summed E-state index contributed by atoms with van der Waals surface area (Å²) in [5.74, 6) is 1.08. The summed E-state index contributed by atoms with van der Waals surface area (Å²) >= 11 is 3.30. The van der Waals surface area contributed by atoms with Gasteiger partial charge in [-0.05, 0) is 27.6 Å². The van der Waals surface area contributed by atoms with Gasteiger partial charge < -0.3 is 10.6 Å². The van der Waals surface area contributed by atoms with Crippen LogP contribution in [0.1, 0.15) is 5.56 Å². The summed E-state index contributed by atoms with van der Waals surface area (Å²) in [6, 6.07) is 5.03. The van der Waals surface area contributed by atoms with E-state index in [-0.39, 0.29) is 5.69 Å². The highest BCUT2D eigenvalue weighted by atomic mass is 79.9. The van der Waals surface area contributed by atoms with Gasteiger partial charge in [0.1, 0.15) is 17.8 Å². The molecule has 7 nitrogen and oxygen atoms in total. The summed E-state index contributed by atoms with van der Waals surface area (Å²) in [6.07, 6.45) is 2.92. The van der Waals surface area contributed by atoms with E-state index in [1.807, 2.05) is 18.0 Å². The normalized spacial score (nSPS) is 10.3. The maximum absolute atomic E-state index is 10.7. The third-order valence-corrected chi connectivity index (χ3v) is 3.23. The number of nitro groups is 1. The first-order chi connectivity index (χ1) is 9.47. The summed E-state index contributed by atoms with van der Waals surface area (Å²) in [4.78, 5) is 20.2. The molecule has 0 unspecified atom stereocenters. The first-order valence-corrected chi connectivity index (χ1v) is 6.48. The number of hydrogen-bond donors (Lipinski definition) is 1. The first kappa shape index (κ1) is 14.2. The molecule has 0 aliphatic heterocycles. The molecule has 0 aliphatic rings. The highest BCUT2D eigenvalue weighted by Gasteiger charge is 2.13. The Morgan fingerprint density at radius 1 is 1.40 bits per heavy atom. The molecule has 0 spiro atoms. The molecule has 2 rings (SSSR count). The molecule has 0 atom stereocenters. The second-order valence-corrected chi connectivity index (χ2v) is 5.06. The van der Waals surface area contributed by atoms with Gasteiger partial charge in [0.05, 0.1) is 9.40 Å². The molecule has 0 radical (unpaired) electrons. The van der Waals surface area contributed by atoms with Gasteiger partial charge in [-0.2, -0.15) is 0 Å². The van der Waals surface area contributed by atoms with Crippen molar-refractivity contribution < 1.29 is 4.92 Å². The van der Waals surface area contributed by atoms with Gasteiger partial charge in [-0.15, -0.1) is 0 Å². The van der Waals surface area contributed by atoms with Crippen molar-refractivity contribution in [3.8, 4) is 0 Å². The summed E-state index contributed by atoms with van der Waals surface area (Å²) in [5, 5.41) is 10.7. The van der Waals surface area contributed by atoms with E-state index in [4.69, 9.17) is 5.73 Å². The summed E-state index contributed by atoms with van der Waals surface area (Å²) in [5.41, 5.74) is 6.44. The highest BCUT2D eigenvalue weighted by molar-refractivity contribution is 9.10. The van der Waals surface area contributed by atoms with Crippen molar-refractivity contribution in [2.45, 2.75) is 6.54 Å². The second-order valence-electron chi connectivity index (χ2n) is 4.20. The van der Waals surface area contributed by atoms with Gasteiger partial charge in [-0.1, -0.05) is 6.07 Å². The molecular weight excluding hydrogens is 326 g/mol. The maximum atomic E-state index is 10.7. The van der Waals surface area contributed by atoms with Gasteiger partial charge in [0.15, 0.2) is 0 Å². The number of nitrogen functional groups attached to an aromatic ring is 1. The molecule has 0 aliphatic carbocycles. The van der Waals surface area contributed by atoms with E-state index < -0.39 is 4.92 Å². The minimum absolute atomic E-state index is 0.0526. The Bertz CT molecular complexity index is 632. The molecule has 104 valence electrons.